The Kier molecular flexibility index (Phi) is 3.34. The fourth-order valence-corrected chi connectivity index (χ4v) is 1.30. The molecular formula is C11H11N3O3. The maximum Gasteiger partial charge on any atom is 0.515 e. The van der Waals surface area contributed by atoms with E-state index >= 15 is 0 Å². The molecule has 6 heteroatoms. The van der Waals surface area contributed by atoms with E-state index in [-0.39, 0.29) is 5.88 Å². The van der Waals surface area contributed by atoms with E-state index in [4.69, 9.17) is 4.74 Å². The van der Waals surface area contributed by atoms with Crippen molar-refractivity contribution < 1.29 is 14.3 Å². The van der Waals surface area contributed by atoms with Crippen LogP contribution in [0.4, 0.5) is 4.79 Å². The summed E-state index contributed by atoms with van der Waals surface area (Å²) in [7, 11) is 1.23. The van der Waals surface area contributed by atoms with Gasteiger partial charge in [0.2, 0.25) is 0 Å². The van der Waals surface area contributed by atoms with Crippen molar-refractivity contribution in [3.63, 3.8) is 0 Å². The zero-order chi connectivity index (χ0) is 12.1. The Bertz CT molecular complexity index is 496. The highest BCUT2D eigenvalue weighted by Gasteiger charge is 2.07. The molecule has 0 saturated carbocycles. The van der Waals surface area contributed by atoms with Crippen LogP contribution >= 0.6 is 0 Å². The lowest BCUT2D eigenvalue weighted by Crippen LogP contribution is -2.07. The number of rotatable bonds is 3. The van der Waals surface area contributed by atoms with Gasteiger partial charge in [0, 0.05) is 0 Å². The third kappa shape index (κ3) is 3.04. The Morgan fingerprint density at radius 3 is 2.82 bits per heavy atom. The van der Waals surface area contributed by atoms with Crippen molar-refractivity contribution in [1.29, 1.82) is 0 Å². The molecule has 2 rings (SSSR count). The fraction of sp³-hybridized carbons (Fsp3) is 0.182. The lowest BCUT2D eigenvalue weighted by molar-refractivity contribution is 0.119. The van der Waals surface area contributed by atoms with Gasteiger partial charge in [-0.3, -0.25) is 0 Å². The normalized spacial score (nSPS) is 9.94. The predicted octanol–water partition coefficient (Wildman–Crippen LogP) is 1.47. The second kappa shape index (κ2) is 5.11. The van der Waals surface area contributed by atoms with E-state index in [2.05, 4.69) is 15.0 Å². The van der Waals surface area contributed by atoms with E-state index in [0.717, 1.165) is 5.56 Å². The first-order chi connectivity index (χ1) is 8.28. The Balaban J connectivity index is 2.01. The number of benzene rings is 1. The number of hydrogen-bond donors (Lipinski definition) is 0. The second-order valence-electron chi connectivity index (χ2n) is 3.30. The highest BCUT2D eigenvalue weighted by molar-refractivity contribution is 5.62. The van der Waals surface area contributed by atoms with Crippen LogP contribution in [0.15, 0.2) is 36.5 Å². The molecule has 2 aromatic rings. The highest BCUT2D eigenvalue weighted by Crippen LogP contribution is 2.07. The van der Waals surface area contributed by atoms with Gasteiger partial charge >= 0.3 is 6.16 Å². The van der Waals surface area contributed by atoms with Gasteiger partial charge in [-0.1, -0.05) is 40.6 Å². The van der Waals surface area contributed by atoms with E-state index in [1.54, 1.807) is 4.68 Å². The molecule has 0 fully saturated rings. The molecule has 0 bridgehead atoms. The summed E-state index contributed by atoms with van der Waals surface area (Å²) in [4.78, 5) is 10.8. The highest BCUT2D eigenvalue weighted by atomic mass is 16.7. The largest absolute Gasteiger partial charge is 0.515 e. The number of carbonyl (C=O) groups excluding carboxylic acids is 1. The number of hydrogen-bond acceptors (Lipinski definition) is 5. The van der Waals surface area contributed by atoms with Crippen LogP contribution in [0.1, 0.15) is 5.56 Å². The van der Waals surface area contributed by atoms with E-state index in [0.29, 0.717) is 6.54 Å². The van der Waals surface area contributed by atoms with E-state index in [1.165, 1.54) is 13.3 Å². The third-order valence-electron chi connectivity index (χ3n) is 2.06. The van der Waals surface area contributed by atoms with Crippen molar-refractivity contribution in [3.8, 4) is 5.88 Å². The summed E-state index contributed by atoms with van der Waals surface area (Å²) in [5.74, 6) is 0.118. The van der Waals surface area contributed by atoms with Crippen molar-refractivity contribution in [2.24, 2.45) is 0 Å². The third-order valence-corrected chi connectivity index (χ3v) is 2.06. The molecule has 0 N–H and O–H groups in total. The van der Waals surface area contributed by atoms with Gasteiger partial charge in [-0.25, -0.2) is 9.48 Å². The number of carbonyl (C=O) groups is 1. The Labute approximate surface area is 97.8 Å². The summed E-state index contributed by atoms with van der Waals surface area (Å²) in [6.07, 6.45) is 0.723. The van der Waals surface area contributed by atoms with Gasteiger partial charge in [-0.05, 0) is 5.56 Å². The van der Waals surface area contributed by atoms with Crippen LogP contribution < -0.4 is 4.74 Å². The molecule has 0 aliphatic heterocycles. The van der Waals surface area contributed by atoms with Gasteiger partial charge in [0.15, 0.2) is 0 Å². The number of nitrogens with zero attached hydrogens (tertiary/aromatic N) is 3. The molecule has 1 aromatic heterocycles. The van der Waals surface area contributed by atoms with Gasteiger partial charge in [-0.15, -0.1) is 0 Å². The number of aromatic nitrogens is 3. The number of ether oxygens (including phenoxy) is 2. The molecule has 0 unspecified atom stereocenters. The first-order valence-electron chi connectivity index (χ1n) is 4.98. The summed E-state index contributed by atoms with van der Waals surface area (Å²) in [5, 5.41) is 7.52. The molecule has 0 radical (unpaired) electrons. The molecule has 1 heterocycles. The molecular weight excluding hydrogens is 222 g/mol. The minimum Gasteiger partial charge on any atom is -0.437 e. The summed E-state index contributed by atoms with van der Waals surface area (Å²) < 4.78 is 10.6. The average Bonchev–Trinajstić information content (AvgIpc) is 2.77. The predicted molar refractivity (Wildman–Crippen MR) is 58.6 cm³/mol. The Morgan fingerprint density at radius 2 is 2.12 bits per heavy atom. The van der Waals surface area contributed by atoms with E-state index < -0.39 is 6.16 Å². The van der Waals surface area contributed by atoms with E-state index in [1.807, 2.05) is 30.3 Å². The SMILES string of the molecule is COC(=O)Oc1cn(Cc2ccccc2)nn1. The van der Waals surface area contributed by atoms with Crippen LogP contribution in [-0.2, 0) is 11.3 Å². The molecule has 0 aliphatic rings. The van der Waals surface area contributed by atoms with Crippen LogP contribution in [0.2, 0.25) is 0 Å². The number of methoxy groups -OCH3 is 1. The lowest BCUT2D eigenvalue weighted by Gasteiger charge is -1.99. The van der Waals surface area contributed by atoms with Crippen LogP contribution in [0, 0.1) is 0 Å². The van der Waals surface area contributed by atoms with Gasteiger partial charge < -0.3 is 9.47 Å². The maximum atomic E-state index is 10.8. The maximum absolute atomic E-state index is 10.8. The first kappa shape index (κ1) is 11.1. The van der Waals surface area contributed by atoms with Crippen LogP contribution in [0.25, 0.3) is 0 Å². The van der Waals surface area contributed by atoms with Crippen LogP contribution in [0.3, 0.4) is 0 Å². The van der Waals surface area contributed by atoms with Crippen molar-refractivity contribution in [2.75, 3.05) is 7.11 Å². The van der Waals surface area contributed by atoms with Crippen molar-refractivity contribution >= 4 is 6.16 Å². The average molecular weight is 233 g/mol. The molecule has 1 aromatic carbocycles. The molecule has 0 aliphatic carbocycles. The molecule has 88 valence electrons. The smallest absolute Gasteiger partial charge is 0.437 e. The molecule has 17 heavy (non-hydrogen) atoms. The fourth-order valence-electron chi connectivity index (χ4n) is 1.30. The van der Waals surface area contributed by atoms with Gasteiger partial charge in [0.25, 0.3) is 5.88 Å². The van der Waals surface area contributed by atoms with Gasteiger partial charge in [-0.2, -0.15) is 0 Å². The van der Waals surface area contributed by atoms with Gasteiger partial charge in [0.05, 0.1) is 19.9 Å². The zero-order valence-electron chi connectivity index (χ0n) is 9.24. The Hall–Kier alpha value is -2.37. The van der Waals surface area contributed by atoms with Gasteiger partial charge in [0.1, 0.15) is 0 Å². The molecule has 0 spiro atoms. The summed E-state index contributed by atoms with van der Waals surface area (Å²) in [6.45, 7) is 0.568. The monoisotopic (exact) mass is 233 g/mol. The topological polar surface area (TPSA) is 66.2 Å². The van der Waals surface area contributed by atoms with Crippen LogP contribution in [-0.4, -0.2) is 28.3 Å². The van der Waals surface area contributed by atoms with Crippen molar-refractivity contribution in [3.05, 3.63) is 42.1 Å². The van der Waals surface area contributed by atoms with Crippen molar-refractivity contribution in [1.82, 2.24) is 15.0 Å². The molecule has 0 atom stereocenters. The summed E-state index contributed by atoms with van der Waals surface area (Å²) in [5.41, 5.74) is 1.09. The minimum absolute atomic E-state index is 0.118. The quantitative estimate of drug-likeness (QED) is 0.751. The van der Waals surface area contributed by atoms with E-state index in [9.17, 15) is 4.79 Å². The van der Waals surface area contributed by atoms with Crippen molar-refractivity contribution in [2.45, 2.75) is 6.54 Å². The Morgan fingerprint density at radius 1 is 1.35 bits per heavy atom. The minimum atomic E-state index is -0.809. The second-order valence-corrected chi connectivity index (χ2v) is 3.30. The molecule has 0 amide bonds. The molecule has 6 nitrogen and oxygen atoms in total. The molecule has 0 saturated heterocycles. The zero-order valence-corrected chi connectivity index (χ0v) is 9.24. The first-order valence-corrected chi connectivity index (χ1v) is 4.98. The summed E-state index contributed by atoms with van der Waals surface area (Å²) in [6, 6.07) is 9.78. The summed E-state index contributed by atoms with van der Waals surface area (Å²) >= 11 is 0. The lowest BCUT2D eigenvalue weighted by atomic mass is 10.2. The standard InChI is InChI=1S/C11H11N3O3/c1-16-11(15)17-10-8-14(13-12-10)7-9-5-3-2-4-6-9/h2-6,8H,7H2,1H3. The van der Waals surface area contributed by atoms with Crippen LogP contribution in [0.5, 0.6) is 5.88 Å².